The average Bonchev–Trinajstić information content (AvgIpc) is 2.14. The van der Waals surface area contributed by atoms with E-state index in [2.05, 4.69) is 19.1 Å². The SMILES string of the molecule is CCCCOCc1ccccc1. The molecule has 1 aromatic rings. The Balaban J connectivity index is 2.16. The van der Waals surface area contributed by atoms with Gasteiger partial charge in [-0.25, -0.2) is 0 Å². The summed E-state index contributed by atoms with van der Waals surface area (Å²) in [5, 5.41) is 0. The van der Waals surface area contributed by atoms with Crippen LogP contribution in [0.3, 0.4) is 0 Å². The summed E-state index contributed by atoms with van der Waals surface area (Å²) >= 11 is 0. The summed E-state index contributed by atoms with van der Waals surface area (Å²) in [6.07, 6.45) is 2.36. The minimum absolute atomic E-state index is 0.751. The third-order valence-electron chi connectivity index (χ3n) is 1.75. The van der Waals surface area contributed by atoms with Gasteiger partial charge in [0.05, 0.1) is 6.61 Å². The summed E-state index contributed by atoms with van der Waals surface area (Å²) in [5.74, 6) is 0. The van der Waals surface area contributed by atoms with Gasteiger partial charge < -0.3 is 4.74 Å². The Bertz CT molecular complexity index is 193. The normalized spacial score (nSPS) is 10.1. The smallest absolute Gasteiger partial charge is 0.0716 e. The molecular weight excluding hydrogens is 148 g/mol. The van der Waals surface area contributed by atoms with Crippen molar-refractivity contribution in [1.29, 1.82) is 0 Å². The maximum Gasteiger partial charge on any atom is 0.0716 e. The second kappa shape index (κ2) is 5.78. The molecule has 0 radical (unpaired) electrons. The molecular formula is C11H16O. The lowest BCUT2D eigenvalue weighted by Gasteiger charge is -2.02. The van der Waals surface area contributed by atoms with Gasteiger partial charge in [0.2, 0.25) is 0 Å². The van der Waals surface area contributed by atoms with Crippen molar-refractivity contribution in [3.8, 4) is 0 Å². The van der Waals surface area contributed by atoms with Crippen LogP contribution in [0.15, 0.2) is 30.3 Å². The quantitative estimate of drug-likeness (QED) is 0.608. The highest BCUT2D eigenvalue weighted by atomic mass is 16.5. The number of hydrogen-bond acceptors (Lipinski definition) is 1. The minimum Gasteiger partial charge on any atom is -0.377 e. The Morgan fingerprint density at radius 2 is 1.92 bits per heavy atom. The fourth-order valence-electron chi connectivity index (χ4n) is 1.01. The first kappa shape index (κ1) is 9.27. The molecule has 0 amide bonds. The summed E-state index contributed by atoms with van der Waals surface area (Å²) in [5.41, 5.74) is 1.26. The molecule has 0 saturated heterocycles. The van der Waals surface area contributed by atoms with Crippen molar-refractivity contribution in [2.75, 3.05) is 6.61 Å². The van der Waals surface area contributed by atoms with Crippen molar-refractivity contribution in [2.24, 2.45) is 0 Å². The molecule has 0 N–H and O–H groups in total. The molecule has 0 aliphatic heterocycles. The molecule has 12 heavy (non-hydrogen) atoms. The highest BCUT2D eigenvalue weighted by Gasteiger charge is 1.89. The lowest BCUT2D eigenvalue weighted by molar-refractivity contribution is 0.118. The van der Waals surface area contributed by atoms with Crippen molar-refractivity contribution >= 4 is 0 Å². The molecule has 0 atom stereocenters. The standard InChI is InChI=1S/C11H16O/c1-2-3-9-12-10-11-7-5-4-6-8-11/h4-8H,2-3,9-10H2,1H3. The maximum atomic E-state index is 5.46. The molecule has 66 valence electrons. The van der Waals surface area contributed by atoms with E-state index in [1.807, 2.05) is 18.2 Å². The molecule has 0 unspecified atom stereocenters. The van der Waals surface area contributed by atoms with Crippen LogP contribution in [-0.2, 0) is 11.3 Å². The van der Waals surface area contributed by atoms with Gasteiger partial charge in [0.1, 0.15) is 0 Å². The van der Waals surface area contributed by atoms with Crippen LogP contribution in [0.4, 0.5) is 0 Å². The first-order chi connectivity index (χ1) is 5.93. The molecule has 0 aromatic heterocycles. The van der Waals surface area contributed by atoms with Crippen LogP contribution >= 0.6 is 0 Å². The molecule has 0 aliphatic rings. The summed E-state index contributed by atoms with van der Waals surface area (Å²) in [4.78, 5) is 0. The van der Waals surface area contributed by atoms with Crippen LogP contribution in [-0.4, -0.2) is 6.61 Å². The lowest BCUT2D eigenvalue weighted by Crippen LogP contribution is -1.94. The molecule has 0 aliphatic carbocycles. The summed E-state index contributed by atoms with van der Waals surface area (Å²) in [6.45, 7) is 3.80. The second-order valence-corrected chi connectivity index (χ2v) is 2.89. The van der Waals surface area contributed by atoms with Crippen molar-refractivity contribution in [3.63, 3.8) is 0 Å². The molecule has 1 nitrogen and oxygen atoms in total. The van der Waals surface area contributed by atoms with E-state index in [4.69, 9.17) is 4.74 Å². The van der Waals surface area contributed by atoms with E-state index in [9.17, 15) is 0 Å². The predicted octanol–water partition coefficient (Wildman–Crippen LogP) is 3.00. The Hall–Kier alpha value is -0.820. The highest BCUT2D eigenvalue weighted by molar-refractivity contribution is 5.13. The zero-order valence-corrected chi connectivity index (χ0v) is 7.62. The molecule has 0 fully saturated rings. The molecule has 1 aromatic carbocycles. The molecule has 0 heterocycles. The first-order valence-electron chi connectivity index (χ1n) is 4.55. The highest BCUT2D eigenvalue weighted by Crippen LogP contribution is 2.00. The lowest BCUT2D eigenvalue weighted by atomic mass is 10.2. The van der Waals surface area contributed by atoms with Crippen LogP contribution in [0.5, 0.6) is 0 Å². The molecule has 0 bridgehead atoms. The topological polar surface area (TPSA) is 9.23 Å². The largest absolute Gasteiger partial charge is 0.377 e. The summed E-state index contributed by atoms with van der Waals surface area (Å²) < 4.78 is 5.46. The Labute approximate surface area is 74.4 Å². The Morgan fingerprint density at radius 3 is 2.58 bits per heavy atom. The number of benzene rings is 1. The van der Waals surface area contributed by atoms with Gasteiger partial charge in [0.25, 0.3) is 0 Å². The van der Waals surface area contributed by atoms with Crippen molar-refractivity contribution < 1.29 is 4.74 Å². The second-order valence-electron chi connectivity index (χ2n) is 2.89. The fourth-order valence-corrected chi connectivity index (χ4v) is 1.01. The maximum absolute atomic E-state index is 5.46. The van der Waals surface area contributed by atoms with Gasteiger partial charge in [-0.1, -0.05) is 43.7 Å². The van der Waals surface area contributed by atoms with Gasteiger partial charge in [-0.3, -0.25) is 0 Å². The third-order valence-corrected chi connectivity index (χ3v) is 1.75. The van der Waals surface area contributed by atoms with Gasteiger partial charge in [-0.2, -0.15) is 0 Å². The summed E-state index contributed by atoms with van der Waals surface area (Å²) in [6, 6.07) is 10.3. The van der Waals surface area contributed by atoms with Gasteiger partial charge in [-0.05, 0) is 12.0 Å². The van der Waals surface area contributed by atoms with Crippen molar-refractivity contribution in [3.05, 3.63) is 35.9 Å². The van der Waals surface area contributed by atoms with Gasteiger partial charge >= 0.3 is 0 Å². The third kappa shape index (κ3) is 3.54. The van der Waals surface area contributed by atoms with E-state index in [1.54, 1.807) is 0 Å². The molecule has 0 spiro atoms. The van der Waals surface area contributed by atoms with Crippen LogP contribution in [0.2, 0.25) is 0 Å². The number of ether oxygens (including phenoxy) is 1. The first-order valence-corrected chi connectivity index (χ1v) is 4.55. The van der Waals surface area contributed by atoms with Crippen LogP contribution < -0.4 is 0 Å². The minimum atomic E-state index is 0.751. The monoisotopic (exact) mass is 164 g/mol. The van der Waals surface area contributed by atoms with E-state index < -0.39 is 0 Å². The fraction of sp³-hybridized carbons (Fsp3) is 0.455. The average molecular weight is 164 g/mol. The molecule has 0 saturated carbocycles. The van der Waals surface area contributed by atoms with Crippen LogP contribution in [0, 0.1) is 0 Å². The van der Waals surface area contributed by atoms with Crippen molar-refractivity contribution in [2.45, 2.75) is 26.4 Å². The van der Waals surface area contributed by atoms with E-state index in [0.717, 1.165) is 19.6 Å². The van der Waals surface area contributed by atoms with Crippen molar-refractivity contribution in [1.82, 2.24) is 0 Å². The number of rotatable bonds is 5. The molecule has 1 heteroatoms. The van der Waals surface area contributed by atoms with Gasteiger partial charge in [-0.15, -0.1) is 0 Å². The van der Waals surface area contributed by atoms with E-state index in [1.165, 1.54) is 12.0 Å². The molecule has 1 rings (SSSR count). The Kier molecular flexibility index (Phi) is 4.47. The van der Waals surface area contributed by atoms with Gasteiger partial charge in [0.15, 0.2) is 0 Å². The summed E-state index contributed by atoms with van der Waals surface area (Å²) in [7, 11) is 0. The van der Waals surface area contributed by atoms with E-state index in [-0.39, 0.29) is 0 Å². The van der Waals surface area contributed by atoms with E-state index >= 15 is 0 Å². The van der Waals surface area contributed by atoms with Crippen LogP contribution in [0.1, 0.15) is 25.3 Å². The Morgan fingerprint density at radius 1 is 1.17 bits per heavy atom. The predicted molar refractivity (Wildman–Crippen MR) is 51.0 cm³/mol. The number of hydrogen-bond donors (Lipinski definition) is 0. The zero-order valence-electron chi connectivity index (χ0n) is 7.62. The zero-order chi connectivity index (χ0) is 8.65. The number of unbranched alkanes of at least 4 members (excludes halogenated alkanes) is 1. The van der Waals surface area contributed by atoms with E-state index in [0.29, 0.717) is 0 Å². The van der Waals surface area contributed by atoms with Crippen LogP contribution in [0.25, 0.3) is 0 Å². The van der Waals surface area contributed by atoms with Gasteiger partial charge in [0, 0.05) is 6.61 Å².